The summed E-state index contributed by atoms with van der Waals surface area (Å²) in [4.78, 5) is 4.92. The minimum Gasteiger partial charge on any atom is -0.493 e. The maximum Gasteiger partial charge on any atom is 0.422 e. The van der Waals surface area contributed by atoms with Crippen molar-refractivity contribution in [2.75, 3.05) is 40.4 Å². The lowest BCUT2D eigenvalue weighted by atomic mass is 9.88. The van der Waals surface area contributed by atoms with Gasteiger partial charge in [0.25, 0.3) is 0 Å². The molecule has 1 saturated heterocycles. The average molecular weight is 386 g/mol. The molecule has 1 aromatic carbocycles. The first-order valence-electron chi connectivity index (χ1n) is 9.52. The van der Waals surface area contributed by atoms with Gasteiger partial charge in [-0.05, 0) is 49.1 Å². The Kier molecular flexibility index (Phi) is 5.91. The van der Waals surface area contributed by atoms with Crippen molar-refractivity contribution >= 4 is 0 Å². The minimum atomic E-state index is -4.37. The number of hydrogen-bond donors (Lipinski definition) is 0. The molecule has 0 N–H and O–H groups in total. The van der Waals surface area contributed by atoms with E-state index in [-0.39, 0.29) is 11.8 Å². The molecular formula is C20H29F3N2O2. The van der Waals surface area contributed by atoms with Crippen molar-refractivity contribution < 1.29 is 22.6 Å². The molecule has 0 amide bonds. The second-order valence-electron chi connectivity index (χ2n) is 8.09. The molecule has 1 fully saturated rings. The summed E-state index contributed by atoms with van der Waals surface area (Å²) in [6.45, 7) is 6.05. The number of nitrogens with zero attached hydrogens (tertiary/aromatic N) is 2. The number of halogens is 3. The van der Waals surface area contributed by atoms with Gasteiger partial charge in [-0.25, -0.2) is 0 Å². The van der Waals surface area contributed by atoms with Gasteiger partial charge in [-0.1, -0.05) is 13.8 Å². The van der Waals surface area contributed by atoms with Crippen LogP contribution < -0.4 is 9.47 Å². The molecular weight excluding hydrogens is 357 g/mol. The maximum absolute atomic E-state index is 12.5. The van der Waals surface area contributed by atoms with E-state index >= 15 is 0 Å². The third kappa shape index (κ3) is 4.69. The van der Waals surface area contributed by atoms with E-state index in [0.717, 1.165) is 37.2 Å². The summed E-state index contributed by atoms with van der Waals surface area (Å²) >= 11 is 0. The summed E-state index contributed by atoms with van der Waals surface area (Å²) in [6.07, 6.45) is -2.38. The van der Waals surface area contributed by atoms with Crippen molar-refractivity contribution in [1.82, 2.24) is 9.80 Å². The van der Waals surface area contributed by atoms with Crippen LogP contribution in [0.3, 0.4) is 0 Å². The molecule has 2 heterocycles. The van der Waals surface area contributed by atoms with Crippen LogP contribution >= 0.6 is 0 Å². The van der Waals surface area contributed by atoms with Crippen molar-refractivity contribution in [3.8, 4) is 11.5 Å². The van der Waals surface area contributed by atoms with Gasteiger partial charge in [-0.3, -0.25) is 4.90 Å². The Morgan fingerprint density at radius 3 is 2.56 bits per heavy atom. The van der Waals surface area contributed by atoms with Crippen LogP contribution in [-0.2, 0) is 6.42 Å². The lowest BCUT2D eigenvalue weighted by Gasteiger charge is -2.48. The molecule has 0 saturated carbocycles. The number of methoxy groups -OCH3 is 1. The molecule has 3 rings (SSSR count). The first-order valence-corrected chi connectivity index (χ1v) is 9.52. The highest BCUT2D eigenvalue weighted by molar-refractivity contribution is 5.49. The van der Waals surface area contributed by atoms with E-state index < -0.39 is 12.8 Å². The summed E-state index contributed by atoms with van der Waals surface area (Å²) in [5, 5.41) is 0. The van der Waals surface area contributed by atoms with Crippen LogP contribution in [0.4, 0.5) is 13.2 Å². The second-order valence-corrected chi connectivity index (χ2v) is 8.09. The highest BCUT2D eigenvalue weighted by Gasteiger charge is 2.37. The SMILES string of the molecule is COc1cc2c(cc1OCC(F)(F)F)CCN1C[C@@H](CC(C)C)N(C)CC21. The number of hydrogen-bond acceptors (Lipinski definition) is 4. The minimum absolute atomic E-state index is 0.170. The van der Waals surface area contributed by atoms with Crippen LogP contribution in [-0.4, -0.2) is 62.4 Å². The molecule has 4 nitrogen and oxygen atoms in total. The van der Waals surface area contributed by atoms with Crippen LogP contribution in [0.5, 0.6) is 11.5 Å². The largest absolute Gasteiger partial charge is 0.493 e. The third-order valence-electron chi connectivity index (χ3n) is 5.56. The van der Waals surface area contributed by atoms with Crippen LogP contribution in [0.2, 0.25) is 0 Å². The fraction of sp³-hybridized carbons (Fsp3) is 0.700. The van der Waals surface area contributed by atoms with Crippen molar-refractivity contribution in [3.05, 3.63) is 23.3 Å². The normalized spacial score (nSPS) is 23.9. The van der Waals surface area contributed by atoms with E-state index in [0.29, 0.717) is 17.7 Å². The van der Waals surface area contributed by atoms with Crippen LogP contribution in [0, 0.1) is 5.92 Å². The monoisotopic (exact) mass is 386 g/mol. The van der Waals surface area contributed by atoms with Crippen molar-refractivity contribution in [2.45, 2.75) is 44.9 Å². The Labute approximate surface area is 159 Å². The summed E-state index contributed by atoms with van der Waals surface area (Å²) in [6, 6.07) is 4.39. The smallest absolute Gasteiger partial charge is 0.422 e. The van der Waals surface area contributed by atoms with Crippen molar-refractivity contribution in [1.29, 1.82) is 0 Å². The molecule has 1 aromatic rings. The third-order valence-corrected chi connectivity index (χ3v) is 5.56. The zero-order valence-electron chi connectivity index (χ0n) is 16.5. The van der Waals surface area contributed by atoms with E-state index in [9.17, 15) is 13.2 Å². The number of alkyl halides is 3. The van der Waals surface area contributed by atoms with E-state index in [1.807, 2.05) is 6.07 Å². The average Bonchev–Trinajstić information content (AvgIpc) is 2.58. The Balaban J connectivity index is 1.82. The lowest BCUT2D eigenvalue weighted by molar-refractivity contribution is -0.153. The second kappa shape index (κ2) is 7.87. The first-order chi connectivity index (χ1) is 12.7. The Hall–Kier alpha value is -1.47. The van der Waals surface area contributed by atoms with Gasteiger partial charge < -0.3 is 14.4 Å². The van der Waals surface area contributed by atoms with Gasteiger partial charge in [0.05, 0.1) is 7.11 Å². The number of benzene rings is 1. The van der Waals surface area contributed by atoms with Crippen LogP contribution in [0.25, 0.3) is 0 Å². The van der Waals surface area contributed by atoms with Gasteiger partial charge in [0.2, 0.25) is 0 Å². The number of fused-ring (bicyclic) bond motifs is 3. The maximum atomic E-state index is 12.5. The van der Waals surface area contributed by atoms with Gasteiger partial charge in [0.15, 0.2) is 18.1 Å². The van der Waals surface area contributed by atoms with Crippen LogP contribution in [0.15, 0.2) is 12.1 Å². The Bertz CT molecular complexity index is 663. The van der Waals surface area contributed by atoms with E-state index in [1.54, 1.807) is 6.07 Å². The number of ether oxygens (including phenoxy) is 2. The van der Waals surface area contributed by atoms with E-state index in [1.165, 1.54) is 13.5 Å². The fourth-order valence-corrected chi connectivity index (χ4v) is 4.26. The standard InChI is InChI=1S/C20H29F3N2O2/c1-13(2)7-15-10-25-6-5-14-8-19(27-12-20(21,22)23)18(26-4)9-16(14)17(25)11-24(15)3/h8-9,13,15,17H,5-7,10-12H2,1-4H3/t15-,17?/m1/s1. The summed E-state index contributed by atoms with van der Waals surface area (Å²) in [7, 11) is 3.63. The Morgan fingerprint density at radius 2 is 1.93 bits per heavy atom. The van der Waals surface area contributed by atoms with Gasteiger partial charge in [0, 0.05) is 31.7 Å². The molecule has 2 atom stereocenters. The number of piperazine rings is 1. The summed E-state index contributed by atoms with van der Waals surface area (Å²) in [5.74, 6) is 1.19. The van der Waals surface area contributed by atoms with Crippen molar-refractivity contribution in [3.63, 3.8) is 0 Å². The van der Waals surface area contributed by atoms with Gasteiger partial charge in [-0.15, -0.1) is 0 Å². The molecule has 7 heteroatoms. The predicted molar refractivity (Wildman–Crippen MR) is 98.4 cm³/mol. The molecule has 0 bridgehead atoms. The van der Waals surface area contributed by atoms with Crippen molar-refractivity contribution in [2.24, 2.45) is 5.92 Å². The highest BCUT2D eigenvalue weighted by atomic mass is 19.4. The van der Waals surface area contributed by atoms with E-state index in [2.05, 4.69) is 30.7 Å². The van der Waals surface area contributed by atoms with E-state index in [4.69, 9.17) is 9.47 Å². The Morgan fingerprint density at radius 1 is 1.19 bits per heavy atom. The number of likely N-dealkylation sites (N-methyl/N-ethyl adjacent to an activating group) is 1. The van der Waals surface area contributed by atoms with Gasteiger partial charge >= 0.3 is 6.18 Å². The first kappa shape index (κ1) is 20.3. The van der Waals surface area contributed by atoms with Crippen LogP contribution in [0.1, 0.15) is 37.4 Å². The topological polar surface area (TPSA) is 24.9 Å². The fourth-order valence-electron chi connectivity index (χ4n) is 4.26. The highest BCUT2D eigenvalue weighted by Crippen LogP contribution is 2.40. The lowest BCUT2D eigenvalue weighted by Crippen LogP contribution is -2.55. The molecule has 27 heavy (non-hydrogen) atoms. The summed E-state index contributed by atoms with van der Waals surface area (Å²) in [5.41, 5.74) is 2.21. The number of rotatable bonds is 5. The molecule has 1 unspecified atom stereocenters. The zero-order chi connectivity index (χ0) is 19.8. The van der Waals surface area contributed by atoms with Gasteiger partial charge in [-0.2, -0.15) is 13.2 Å². The predicted octanol–water partition coefficient (Wildman–Crippen LogP) is 3.90. The molecule has 2 aliphatic heterocycles. The molecule has 152 valence electrons. The molecule has 0 aromatic heterocycles. The molecule has 0 aliphatic carbocycles. The quantitative estimate of drug-likeness (QED) is 0.766. The molecule has 2 aliphatic rings. The summed E-state index contributed by atoms with van der Waals surface area (Å²) < 4.78 is 47.9. The zero-order valence-corrected chi connectivity index (χ0v) is 16.5. The molecule has 0 radical (unpaired) electrons. The molecule has 0 spiro atoms. The van der Waals surface area contributed by atoms with Gasteiger partial charge in [0.1, 0.15) is 0 Å².